The van der Waals surface area contributed by atoms with Crippen LogP contribution in [-0.2, 0) is 19.1 Å². The quantitative estimate of drug-likeness (QED) is 0.136. The summed E-state index contributed by atoms with van der Waals surface area (Å²) in [5.74, 6) is 1.74. The Balaban J connectivity index is 1.26. The number of carboxylic acids is 1. The minimum absolute atomic E-state index is 0.0348. The Hall–Kier alpha value is -1.65. The molecule has 0 aromatic carbocycles. The van der Waals surface area contributed by atoms with Crippen molar-refractivity contribution in [3.63, 3.8) is 0 Å². The average Bonchev–Trinajstić information content (AvgIpc) is 3.29. The lowest BCUT2D eigenvalue weighted by molar-refractivity contribution is -0.165. The molecule has 0 radical (unpaired) electrons. The average molecular weight is 585 g/mol. The summed E-state index contributed by atoms with van der Waals surface area (Å²) in [6, 6.07) is 0. The Labute approximate surface area is 256 Å². The van der Waals surface area contributed by atoms with Crippen LogP contribution < -0.4 is 0 Å². The molecule has 0 heterocycles. The van der Waals surface area contributed by atoms with Gasteiger partial charge < -0.3 is 9.84 Å². The van der Waals surface area contributed by atoms with E-state index in [4.69, 9.17) is 9.84 Å². The van der Waals surface area contributed by atoms with Gasteiger partial charge in [0.1, 0.15) is 6.10 Å². The molecule has 0 aromatic rings. The lowest BCUT2D eigenvalue weighted by Gasteiger charge is -2.57. The zero-order valence-corrected chi connectivity index (χ0v) is 27.1. The van der Waals surface area contributed by atoms with Crippen LogP contribution in [0.25, 0.3) is 0 Å². The van der Waals surface area contributed by atoms with Crippen LogP contribution >= 0.6 is 0 Å². The van der Waals surface area contributed by atoms with E-state index in [-0.39, 0.29) is 28.8 Å². The lowest BCUT2D eigenvalue weighted by atomic mass is 9.47. The number of ketones is 1. The van der Waals surface area contributed by atoms with Crippen molar-refractivity contribution >= 4 is 17.7 Å². The zero-order valence-electron chi connectivity index (χ0n) is 27.1. The van der Waals surface area contributed by atoms with Crippen LogP contribution in [0.15, 0.2) is 11.6 Å². The molecule has 3 saturated carbocycles. The summed E-state index contributed by atoms with van der Waals surface area (Å²) in [4.78, 5) is 36.5. The summed E-state index contributed by atoms with van der Waals surface area (Å²) >= 11 is 0. The number of carbonyl (C=O) groups is 3. The first kappa shape index (κ1) is 33.2. The number of fused-ring (bicyclic) bond motifs is 5. The maximum atomic E-state index is 13.7. The van der Waals surface area contributed by atoms with Crippen molar-refractivity contribution in [3.05, 3.63) is 11.6 Å². The molecule has 1 unspecified atom stereocenters. The van der Waals surface area contributed by atoms with E-state index in [1.54, 1.807) is 0 Å². The van der Waals surface area contributed by atoms with E-state index >= 15 is 0 Å². The molecule has 5 heteroatoms. The first-order valence-electron chi connectivity index (χ1n) is 17.8. The summed E-state index contributed by atoms with van der Waals surface area (Å²) in [6.45, 7) is 7.10. The summed E-state index contributed by atoms with van der Waals surface area (Å²) in [5.41, 5.74) is 1.71. The minimum atomic E-state index is -0.690. The molecule has 5 nitrogen and oxygen atoms in total. The van der Waals surface area contributed by atoms with Gasteiger partial charge in [0.05, 0.1) is 5.92 Å². The van der Waals surface area contributed by atoms with Gasteiger partial charge in [0.25, 0.3) is 0 Å². The number of esters is 1. The Bertz CT molecular complexity index is 954. The van der Waals surface area contributed by atoms with Gasteiger partial charge in [0.15, 0.2) is 5.78 Å². The highest BCUT2D eigenvalue weighted by Crippen LogP contribution is 2.65. The number of allylic oxidation sites excluding steroid dienone is 1. The third-order valence-corrected chi connectivity index (χ3v) is 12.3. The van der Waals surface area contributed by atoms with Crippen molar-refractivity contribution < 1.29 is 24.2 Å². The van der Waals surface area contributed by atoms with Crippen LogP contribution in [0.3, 0.4) is 0 Å². The van der Waals surface area contributed by atoms with Crippen LogP contribution in [0.5, 0.6) is 0 Å². The van der Waals surface area contributed by atoms with E-state index in [0.29, 0.717) is 36.4 Å². The van der Waals surface area contributed by atoms with Crippen LogP contribution in [0.1, 0.15) is 162 Å². The van der Waals surface area contributed by atoms with Crippen molar-refractivity contribution in [1.29, 1.82) is 0 Å². The second-order valence-corrected chi connectivity index (χ2v) is 15.0. The number of rotatable bonds is 17. The molecule has 42 heavy (non-hydrogen) atoms. The fourth-order valence-corrected chi connectivity index (χ4v) is 9.69. The summed E-state index contributed by atoms with van der Waals surface area (Å²) < 4.78 is 6.52. The molecule has 0 saturated heterocycles. The van der Waals surface area contributed by atoms with Gasteiger partial charge in [-0.25, -0.2) is 0 Å². The van der Waals surface area contributed by atoms with E-state index in [1.165, 1.54) is 63.4 Å². The third kappa shape index (κ3) is 7.89. The van der Waals surface area contributed by atoms with Crippen LogP contribution in [0.4, 0.5) is 0 Å². The number of hydrogen-bond acceptors (Lipinski definition) is 4. The molecule has 0 bridgehead atoms. The van der Waals surface area contributed by atoms with Crippen molar-refractivity contribution in [2.24, 2.45) is 34.5 Å². The molecular weight excluding hydrogens is 524 g/mol. The minimum Gasteiger partial charge on any atom is -0.481 e. The largest absolute Gasteiger partial charge is 0.481 e. The number of ether oxygens (including phenoxy) is 1. The molecule has 3 fully saturated rings. The number of carboxylic acid groups (broad SMARTS) is 1. The van der Waals surface area contributed by atoms with Gasteiger partial charge in [0.2, 0.25) is 0 Å². The topological polar surface area (TPSA) is 80.7 Å². The van der Waals surface area contributed by atoms with Gasteiger partial charge in [-0.05, 0) is 93.5 Å². The summed E-state index contributed by atoms with van der Waals surface area (Å²) in [6.07, 6.45) is 25.0. The molecule has 0 aromatic heterocycles. The smallest absolute Gasteiger partial charge is 0.309 e. The maximum Gasteiger partial charge on any atom is 0.309 e. The number of aliphatic carboxylic acids is 1. The molecule has 0 spiro atoms. The molecule has 4 aliphatic carbocycles. The second kappa shape index (κ2) is 15.4. The standard InChI is InChI=1S/C37H60O5/c1-4-5-12-15-27(16-13-10-8-6-7-9-11-14-17-34(39)40)35(41)42-33-21-20-31-30-19-18-28-26-29(38)22-24-36(28,2)32(30)23-25-37(31,33)3/h26-27,30-33H,4-25H2,1-3H3,(H,39,40)/t27?,30-,31-,32-,33-,36-,37-/m0/s1. The third-order valence-electron chi connectivity index (χ3n) is 12.3. The van der Waals surface area contributed by atoms with Gasteiger partial charge >= 0.3 is 11.9 Å². The number of carbonyl (C=O) groups excluding carboxylic acids is 2. The Kier molecular flexibility index (Phi) is 12.2. The Morgan fingerprint density at radius 3 is 2.21 bits per heavy atom. The highest BCUT2D eigenvalue weighted by Gasteiger charge is 2.60. The first-order valence-corrected chi connectivity index (χ1v) is 17.8. The van der Waals surface area contributed by atoms with E-state index in [2.05, 4.69) is 20.8 Å². The molecule has 1 N–H and O–H groups in total. The second-order valence-electron chi connectivity index (χ2n) is 15.0. The van der Waals surface area contributed by atoms with Crippen LogP contribution in [-0.4, -0.2) is 28.9 Å². The van der Waals surface area contributed by atoms with E-state index in [0.717, 1.165) is 70.6 Å². The normalized spacial score (nSPS) is 32.8. The van der Waals surface area contributed by atoms with Crippen LogP contribution in [0, 0.1) is 34.5 Å². The number of unbranched alkanes of at least 4 members (excludes halogenated alkanes) is 9. The van der Waals surface area contributed by atoms with Crippen LogP contribution in [0.2, 0.25) is 0 Å². The van der Waals surface area contributed by atoms with E-state index < -0.39 is 5.97 Å². The predicted molar refractivity (Wildman–Crippen MR) is 168 cm³/mol. The molecular formula is C37H60O5. The van der Waals surface area contributed by atoms with Gasteiger partial charge in [-0.2, -0.15) is 0 Å². The van der Waals surface area contributed by atoms with Gasteiger partial charge in [-0.1, -0.05) is 90.6 Å². The molecule has 238 valence electrons. The summed E-state index contributed by atoms with van der Waals surface area (Å²) in [5, 5.41) is 8.76. The van der Waals surface area contributed by atoms with Gasteiger partial charge in [-0.3, -0.25) is 14.4 Å². The Morgan fingerprint density at radius 1 is 0.857 bits per heavy atom. The zero-order chi connectivity index (χ0) is 30.2. The number of hydrogen-bond donors (Lipinski definition) is 1. The lowest BCUT2D eigenvalue weighted by Crippen LogP contribution is -2.51. The van der Waals surface area contributed by atoms with Crippen molar-refractivity contribution in [2.75, 3.05) is 0 Å². The highest BCUT2D eigenvalue weighted by atomic mass is 16.5. The molecule has 4 rings (SSSR count). The van der Waals surface area contributed by atoms with E-state index in [1.807, 2.05) is 6.08 Å². The fraction of sp³-hybridized carbons (Fsp3) is 0.865. The SMILES string of the molecule is CCCCCC(CCCCCCCCCCC(=O)O)C(=O)O[C@H]1CC[C@H]2[C@@H]3CCC4=CC(=O)CC[C@]4(C)[C@H]3CC[C@]12C. The van der Waals surface area contributed by atoms with Crippen molar-refractivity contribution in [2.45, 2.75) is 168 Å². The maximum absolute atomic E-state index is 13.7. The molecule has 7 atom stereocenters. The van der Waals surface area contributed by atoms with Crippen molar-refractivity contribution in [1.82, 2.24) is 0 Å². The van der Waals surface area contributed by atoms with E-state index in [9.17, 15) is 14.4 Å². The van der Waals surface area contributed by atoms with Crippen molar-refractivity contribution in [3.8, 4) is 0 Å². The molecule has 0 aliphatic heterocycles. The molecule has 4 aliphatic rings. The van der Waals surface area contributed by atoms with Gasteiger partial charge in [-0.15, -0.1) is 0 Å². The first-order chi connectivity index (χ1) is 20.2. The highest BCUT2D eigenvalue weighted by molar-refractivity contribution is 5.91. The predicted octanol–water partition coefficient (Wildman–Crippen LogP) is 9.61. The van der Waals surface area contributed by atoms with Gasteiger partial charge in [0, 0.05) is 18.3 Å². The summed E-state index contributed by atoms with van der Waals surface area (Å²) in [7, 11) is 0. The fourth-order valence-electron chi connectivity index (χ4n) is 9.69. The Morgan fingerprint density at radius 2 is 1.52 bits per heavy atom. The molecule has 0 amide bonds. The monoisotopic (exact) mass is 584 g/mol.